The summed E-state index contributed by atoms with van der Waals surface area (Å²) in [5, 5.41) is 58.1. The largest absolute Gasteiger partial charge is 0.491 e. The van der Waals surface area contributed by atoms with Crippen molar-refractivity contribution >= 4 is 36.2 Å². The summed E-state index contributed by atoms with van der Waals surface area (Å²) < 4.78 is 40.5. The lowest BCUT2D eigenvalue weighted by Crippen LogP contribution is -2.71. The molecule has 24 nitrogen and oxygen atoms in total. The number of nitrogens with two attached hydrogens (primary N) is 1. The van der Waals surface area contributed by atoms with Gasteiger partial charge in [0.25, 0.3) is 0 Å². The van der Waals surface area contributed by atoms with Crippen LogP contribution in [-0.4, -0.2) is 196 Å². The molecule has 0 aromatic rings. The predicted molar refractivity (Wildman–Crippen MR) is 251 cm³/mol. The zero-order valence-corrected chi connectivity index (χ0v) is 43.4. The van der Waals surface area contributed by atoms with E-state index in [9.17, 15) is 49.2 Å². The van der Waals surface area contributed by atoms with Crippen molar-refractivity contribution in [3.63, 3.8) is 0 Å². The number of carbonyl (C=O) groups excluding carboxylic acids is 6. The molecule has 402 valence electrons. The third-order valence-electron chi connectivity index (χ3n) is 11.0. The van der Waals surface area contributed by atoms with Crippen molar-refractivity contribution in [1.29, 1.82) is 0 Å². The zero-order valence-electron chi connectivity index (χ0n) is 43.4. The number of nitrogens with zero attached hydrogens (tertiary/aromatic N) is 2. The average molecular weight is 1000 g/mol. The standard InChI is InChI=1S/C46H81N7O17/c1-42(2,3)67-38(59)48-19-18-28(54)36(58)50-27-20-26(51-39(60)68-43(4,5)6)30(33-25(17-16-24(21-47)65-33)49-29(55)22-52(14)40(61)69-44(7,8)9)31(56)34(27)66-37-32(57)35(46(13,63)23-64-37)53(15)41(62)70-45(10,11)12/h16,25-28,30-35,37,54,56-57,63H,17-23,47H2,1-15H3,(H,48,59)(H,49,55)(H,50,58)(H,51,60)/t25-,26+,27-,28+,30-,31+,32-,33?,34+,35-,37-,46+/m1/s1. The Morgan fingerprint density at radius 2 is 1.36 bits per heavy atom. The molecule has 3 rings (SSSR count). The Bertz CT molecular complexity index is 1860. The minimum absolute atomic E-state index is 0.0922. The lowest BCUT2D eigenvalue weighted by atomic mass is 9.72. The van der Waals surface area contributed by atoms with E-state index in [1.807, 2.05) is 0 Å². The molecule has 0 aromatic carbocycles. The molecule has 24 heteroatoms. The number of ether oxygens (including phenoxy) is 7. The third kappa shape index (κ3) is 18.2. The average Bonchev–Trinajstić information content (AvgIpc) is 3.17. The summed E-state index contributed by atoms with van der Waals surface area (Å²) in [6.45, 7) is 19.9. The highest BCUT2D eigenvalue weighted by atomic mass is 16.7. The smallest absolute Gasteiger partial charge is 0.410 e. The molecule has 2 heterocycles. The molecule has 3 aliphatic rings. The van der Waals surface area contributed by atoms with E-state index in [0.29, 0.717) is 0 Å². The Kier molecular flexibility index (Phi) is 20.1. The first-order valence-corrected chi connectivity index (χ1v) is 23.5. The number of nitrogens with one attached hydrogen (secondary N) is 4. The summed E-state index contributed by atoms with van der Waals surface area (Å²) in [6.07, 6.45) is -12.2. The summed E-state index contributed by atoms with van der Waals surface area (Å²) in [5.74, 6) is -2.63. The molecule has 0 bridgehead atoms. The first-order chi connectivity index (χ1) is 31.9. The van der Waals surface area contributed by atoms with E-state index in [-0.39, 0.29) is 38.1 Å². The topological polar surface area (TPSA) is 329 Å². The number of alkyl carbamates (subject to hydrolysis) is 2. The second-order valence-electron chi connectivity index (χ2n) is 22.3. The quantitative estimate of drug-likeness (QED) is 0.110. The molecule has 12 atom stereocenters. The Balaban J connectivity index is 2.13. The zero-order chi connectivity index (χ0) is 53.5. The predicted octanol–water partition coefficient (Wildman–Crippen LogP) is 1.09. The summed E-state index contributed by atoms with van der Waals surface area (Å²) >= 11 is 0. The lowest BCUT2D eigenvalue weighted by Gasteiger charge is -2.52. The minimum atomic E-state index is -1.88. The Labute approximate surface area is 410 Å². The lowest BCUT2D eigenvalue weighted by molar-refractivity contribution is -0.305. The molecular weight excluding hydrogens is 923 g/mol. The first kappa shape index (κ1) is 59.6. The molecule has 6 amide bonds. The number of carbonyl (C=O) groups is 6. The van der Waals surface area contributed by atoms with Crippen LogP contribution in [0.15, 0.2) is 11.8 Å². The fourth-order valence-corrected chi connectivity index (χ4v) is 8.16. The summed E-state index contributed by atoms with van der Waals surface area (Å²) in [7, 11) is 2.68. The van der Waals surface area contributed by atoms with Crippen molar-refractivity contribution in [3.05, 3.63) is 11.8 Å². The van der Waals surface area contributed by atoms with Crippen LogP contribution in [0.4, 0.5) is 19.2 Å². The number of rotatable bonds is 14. The van der Waals surface area contributed by atoms with Gasteiger partial charge in [-0.05, 0) is 115 Å². The summed E-state index contributed by atoms with van der Waals surface area (Å²) in [5.41, 5.74) is 0.553. The van der Waals surface area contributed by atoms with E-state index in [4.69, 9.17) is 38.9 Å². The number of amides is 6. The van der Waals surface area contributed by atoms with Crippen molar-refractivity contribution in [2.75, 3.05) is 40.3 Å². The second kappa shape index (κ2) is 23.7. The van der Waals surface area contributed by atoms with Crippen molar-refractivity contribution in [2.45, 2.75) is 198 Å². The van der Waals surface area contributed by atoms with Crippen LogP contribution in [0.1, 0.15) is 109 Å². The minimum Gasteiger partial charge on any atom is -0.491 e. The van der Waals surface area contributed by atoms with Crippen LogP contribution in [0.3, 0.4) is 0 Å². The highest BCUT2D eigenvalue weighted by molar-refractivity contribution is 5.82. The molecule has 10 N–H and O–H groups in total. The number of aliphatic hydroxyl groups excluding tert-OH is 3. The third-order valence-corrected chi connectivity index (χ3v) is 11.0. The van der Waals surface area contributed by atoms with Crippen LogP contribution >= 0.6 is 0 Å². The van der Waals surface area contributed by atoms with Crippen molar-refractivity contribution < 1.29 is 82.4 Å². The van der Waals surface area contributed by atoms with Gasteiger partial charge in [-0.1, -0.05) is 0 Å². The van der Waals surface area contributed by atoms with E-state index in [0.717, 1.165) is 9.80 Å². The molecule has 2 aliphatic heterocycles. The fraction of sp³-hybridized carbons (Fsp3) is 0.826. The Morgan fingerprint density at radius 1 is 0.800 bits per heavy atom. The molecule has 0 radical (unpaired) electrons. The maximum absolute atomic E-state index is 13.9. The van der Waals surface area contributed by atoms with Gasteiger partial charge in [-0.2, -0.15) is 0 Å². The van der Waals surface area contributed by atoms with Crippen molar-refractivity contribution in [3.8, 4) is 0 Å². The van der Waals surface area contributed by atoms with E-state index >= 15 is 0 Å². The molecule has 1 aliphatic carbocycles. The number of likely N-dealkylation sites (N-methyl/N-ethyl adjacent to an activating group) is 2. The molecule has 0 aromatic heterocycles. The molecule has 1 saturated carbocycles. The van der Waals surface area contributed by atoms with Crippen LogP contribution in [0, 0.1) is 5.92 Å². The molecule has 2 fully saturated rings. The van der Waals surface area contributed by atoms with E-state index in [2.05, 4.69) is 21.3 Å². The Morgan fingerprint density at radius 3 is 1.91 bits per heavy atom. The van der Waals surface area contributed by atoms with E-state index in [1.54, 1.807) is 89.2 Å². The van der Waals surface area contributed by atoms with E-state index < -0.39 is 144 Å². The van der Waals surface area contributed by atoms with Gasteiger partial charge in [-0.15, -0.1) is 0 Å². The fourth-order valence-electron chi connectivity index (χ4n) is 8.16. The number of hydrogen-bond acceptors (Lipinski definition) is 18. The summed E-state index contributed by atoms with van der Waals surface area (Å²) in [4.78, 5) is 81.6. The highest BCUT2D eigenvalue weighted by Crippen LogP contribution is 2.39. The monoisotopic (exact) mass is 1000 g/mol. The van der Waals surface area contributed by atoms with Crippen LogP contribution < -0.4 is 27.0 Å². The second-order valence-corrected chi connectivity index (χ2v) is 22.3. The molecule has 0 spiro atoms. The van der Waals surface area contributed by atoms with Crippen LogP contribution in [0.5, 0.6) is 0 Å². The molecular formula is C46H81N7O17. The SMILES string of the molecule is CN(CC(=O)N[C@@H]1CC=C(CN)OC1[C@H]1[C@H](O)[C@@H](O[C@H]2OC[C@](C)(O)[C@H](N(C)C(=O)OC(C)(C)C)[C@H]2O)[C@H](NC(=O)[C@@H](O)CCNC(=O)OC(C)(C)C)C[C@@H]1NC(=O)OC(C)(C)C)C(=O)OC(C)(C)C. The maximum Gasteiger partial charge on any atom is 0.410 e. The maximum atomic E-state index is 13.9. The van der Waals surface area contributed by atoms with Gasteiger partial charge in [0, 0.05) is 32.6 Å². The van der Waals surface area contributed by atoms with Gasteiger partial charge in [-0.3, -0.25) is 9.59 Å². The molecule has 1 unspecified atom stereocenters. The Hall–Kier alpha value is -4.72. The van der Waals surface area contributed by atoms with Gasteiger partial charge in [0.1, 0.15) is 64.7 Å². The normalized spacial score (nSPS) is 28.9. The van der Waals surface area contributed by atoms with Gasteiger partial charge >= 0.3 is 24.4 Å². The molecule has 70 heavy (non-hydrogen) atoms. The van der Waals surface area contributed by atoms with Gasteiger partial charge < -0.3 is 90.4 Å². The number of aliphatic hydroxyl groups is 4. The van der Waals surface area contributed by atoms with Crippen LogP contribution in [0.2, 0.25) is 0 Å². The van der Waals surface area contributed by atoms with E-state index in [1.165, 1.54) is 21.0 Å². The van der Waals surface area contributed by atoms with Gasteiger partial charge in [0.05, 0.1) is 37.4 Å². The van der Waals surface area contributed by atoms with Gasteiger partial charge in [-0.25, -0.2) is 19.2 Å². The van der Waals surface area contributed by atoms with Crippen LogP contribution in [-0.2, 0) is 42.7 Å². The molecule has 1 saturated heterocycles. The van der Waals surface area contributed by atoms with Crippen molar-refractivity contribution in [1.82, 2.24) is 31.1 Å². The van der Waals surface area contributed by atoms with Crippen LogP contribution in [0.25, 0.3) is 0 Å². The highest BCUT2D eigenvalue weighted by Gasteiger charge is 2.56. The van der Waals surface area contributed by atoms with Crippen molar-refractivity contribution in [2.24, 2.45) is 11.7 Å². The first-order valence-electron chi connectivity index (χ1n) is 23.5. The number of hydrogen-bond donors (Lipinski definition) is 9. The summed E-state index contributed by atoms with van der Waals surface area (Å²) in [6, 6.07) is -4.92. The van der Waals surface area contributed by atoms with Gasteiger partial charge in [0.2, 0.25) is 11.8 Å². The van der Waals surface area contributed by atoms with Gasteiger partial charge in [0.15, 0.2) is 6.29 Å².